The van der Waals surface area contributed by atoms with Crippen molar-refractivity contribution < 1.29 is 9.84 Å². The maximum Gasteiger partial charge on any atom is 0.0722 e. The van der Waals surface area contributed by atoms with E-state index in [4.69, 9.17) is 4.74 Å². The SMILES string of the molecule is OC1(C2CCc3ccccc3C2)CCOCC1. The predicted molar refractivity (Wildman–Crippen MR) is 67.0 cm³/mol. The molecule has 2 aliphatic rings. The Bertz CT molecular complexity index is 394. The van der Waals surface area contributed by atoms with Crippen molar-refractivity contribution in [1.29, 1.82) is 0 Å². The molecule has 2 nitrogen and oxygen atoms in total. The van der Waals surface area contributed by atoms with Crippen LogP contribution >= 0.6 is 0 Å². The Morgan fingerprint density at radius 1 is 1.12 bits per heavy atom. The molecule has 0 bridgehead atoms. The molecule has 1 unspecified atom stereocenters. The van der Waals surface area contributed by atoms with Gasteiger partial charge in [-0.05, 0) is 49.1 Å². The highest BCUT2D eigenvalue weighted by Crippen LogP contribution is 2.37. The van der Waals surface area contributed by atoms with E-state index in [1.807, 2.05) is 0 Å². The lowest BCUT2D eigenvalue weighted by Gasteiger charge is -2.41. The van der Waals surface area contributed by atoms with Crippen molar-refractivity contribution >= 4 is 0 Å². The van der Waals surface area contributed by atoms with Crippen molar-refractivity contribution in [3.63, 3.8) is 0 Å². The van der Waals surface area contributed by atoms with Gasteiger partial charge >= 0.3 is 0 Å². The van der Waals surface area contributed by atoms with E-state index in [1.54, 1.807) is 0 Å². The zero-order valence-electron chi connectivity index (χ0n) is 10.2. The van der Waals surface area contributed by atoms with E-state index in [2.05, 4.69) is 24.3 Å². The first-order valence-electron chi connectivity index (χ1n) is 6.65. The number of rotatable bonds is 1. The van der Waals surface area contributed by atoms with Crippen LogP contribution in [0.4, 0.5) is 0 Å². The Balaban J connectivity index is 1.79. The molecule has 1 aliphatic heterocycles. The summed E-state index contributed by atoms with van der Waals surface area (Å²) in [7, 11) is 0. The molecule has 1 N–H and O–H groups in total. The van der Waals surface area contributed by atoms with E-state index < -0.39 is 5.60 Å². The van der Waals surface area contributed by atoms with E-state index in [9.17, 15) is 5.11 Å². The topological polar surface area (TPSA) is 29.5 Å². The lowest BCUT2D eigenvalue weighted by atomic mass is 9.71. The van der Waals surface area contributed by atoms with Crippen molar-refractivity contribution in [2.75, 3.05) is 13.2 Å². The smallest absolute Gasteiger partial charge is 0.0722 e. The minimum atomic E-state index is -0.480. The Morgan fingerprint density at radius 2 is 1.82 bits per heavy atom. The van der Waals surface area contributed by atoms with Gasteiger partial charge < -0.3 is 9.84 Å². The lowest BCUT2D eigenvalue weighted by Crippen LogP contribution is -2.45. The molecule has 0 saturated carbocycles. The zero-order valence-corrected chi connectivity index (χ0v) is 10.2. The van der Waals surface area contributed by atoms with E-state index in [1.165, 1.54) is 11.1 Å². The molecule has 0 aromatic heterocycles. The molecular formula is C15H20O2. The molecular weight excluding hydrogens is 212 g/mol. The van der Waals surface area contributed by atoms with Gasteiger partial charge in [0.05, 0.1) is 5.60 Å². The summed E-state index contributed by atoms with van der Waals surface area (Å²) in [5.41, 5.74) is 2.43. The van der Waals surface area contributed by atoms with Crippen LogP contribution in [0.5, 0.6) is 0 Å². The van der Waals surface area contributed by atoms with E-state index >= 15 is 0 Å². The molecule has 0 spiro atoms. The van der Waals surface area contributed by atoms with Gasteiger partial charge in [-0.3, -0.25) is 0 Å². The molecule has 1 heterocycles. The first-order valence-corrected chi connectivity index (χ1v) is 6.65. The summed E-state index contributed by atoms with van der Waals surface area (Å²) in [6.07, 6.45) is 4.88. The second kappa shape index (κ2) is 4.43. The molecule has 1 saturated heterocycles. The van der Waals surface area contributed by atoms with Crippen molar-refractivity contribution in [1.82, 2.24) is 0 Å². The van der Waals surface area contributed by atoms with Gasteiger partial charge in [-0.25, -0.2) is 0 Å². The summed E-state index contributed by atoms with van der Waals surface area (Å²) >= 11 is 0. The molecule has 0 radical (unpaired) electrons. The highest BCUT2D eigenvalue weighted by molar-refractivity contribution is 5.30. The summed E-state index contributed by atoms with van der Waals surface area (Å²) in [4.78, 5) is 0. The van der Waals surface area contributed by atoms with Crippen LogP contribution < -0.4 is 0 Å². The largest absolute Gasteiger partial charge is 0.389 e. The Hall–Kier alpha value is -0.860. The minimum absolute atomic E-state index is 0.418. The fourth-order valence-corrected chi connectivity index (χ4v) is 3.29. The number of hydrogen-bond donors (Lipinski definition) is 1. The highest BCUT2D eigenvalue weighted by atomic mass is 16.5. The second-order valence-corrected chi connectivity index (χ2v) is 5.42. The third kappa shape index (κ3) is 2.12. The van der Waals surface area contributed by atoms with Crippen molar-refractivity contribution in [3.05, 3.63) is 35.4 Å². The first-order chi connectivity index (χ1) is 8.28. The number of benzene rings is 1. The number of aryl methyl sites for hydroxylation is 1. The number of fused-ring (bicyclic) bond motifs is 1. The van der Waals surface area contributed by atoms with Crippen LogP contribution in [0.2, 0.25) is 0 Å². The number of aliphatic hydroxyl groups is 1. The van der Waals surface area contributed by atoms with Gasteiger partial charge in [-0.15, -0.1) is 0 Å². The Kier molecular flexibility index (Phi) is 2.93. The molecule has 92 valence electrons. The van der Waals surface area contributed by atoms with Crippen LogP contribution in [-0.2, 0) is 17.6 Å². The molecule has 1 aromatic rings. The number of ether oxygens (including phenoxy) is 1. The van der Waals surface area contributed by atoms with Gasteiger partial charge in [-0.2, -0.15) is 0 Å². The fraction of sp³-hybridized carbons (Fsp3) is 0.600. The molecule has 1 atom stereocenters. The third-order valence-electron chi connectivity index (χ3n) is 4.47. The van der Waals surface area contributed by atoms with Gasteiger partial charge in [0.15, 0.2) is 0 Å². The average molecular weight is 232 g/mol. The zero-order chi connectivity index (χ0) is 11.7. The standard InChI is InChI=1S/C15H20O2/c16-15(7-9-17-10-8-15)14-6-5-12-3-1-2-4-13(12)11-14/h1-4,14,16H,5-11H2. The normalized spacial score (nSPS) is 27.5. The van der Waals surface area contributed by atoms with E-state index in [0.717, 1.165) is 32.1 Å². The molecule has 3 rings (SSSR count). The number of hydrogen-bond acceptors (Lipinski definition) is 2. The monoisotopic (exact) mass is 232 g/mol. The first kappa shape index (κ1) is 11.2. The van der Waals surface area contributed by atoms with Gasteiger partial charge in [0, 0.05) is 13.2 Å². The van der Waals surface area contributed by atoms with Crippen LogP contribution in [-0.4, -0.2) is 23.9 Å². The van der Waals surface area contributed by atoms with E-state index in [0.29, 0.717) is 19.1 Å². The van der Waals surface area contributed by atoms with Crippen LogP contribution in [0.25, 0.3) is 0 Å². The molecule has 2 heteroatoms. The molecule has 1 aliphatic carbocycles. The van der Waals surface area contributed by atoms with Crippen LogP contribution in [0.3, 0.4) is 0 Å². The molecule has 1 aromatic carbocycles. The van der Waals surface area contributed by atoms with Crippen molar-refractivity contribution in [3.8, 4) is 0 Å². The van der Waals surface area contributed by atoms with Gasteiger partial charge in [-0.1, -0.05) is 24.3 Å². The Morgan fingerprint density at radius 3 is 2.59 bits per heavy atom. The van der Waals surface area contributed by atoms with Gasteiger partial charge in [0.25, 0.3) is 0 Å². The second-order valence-electron chi connectivity index (χ2n) is 5.42. The van der Waals surface area contributed by atoms with Crippen molar-refractivity contribution in [2.45, 2.75) is 37.7 Å². The minimum Gasteiger partial charge on any atom is -0.389 e. The maximum absolute atomic E-state index is 10.7. The van der Waals surface area contributed by atoms with Gasteiger partial charge in [0.2, 0.25) is 0 Å². The summed E-state index contributed by atoms with van der Waals surface area (Å²) in [6.45, 7) is 1.43. The summed E-state index contributed by atoms with van der Waals surface area (Å²) in [6, 6.07) is 8.65. The maximum atomic E-state index is 10.7. The van der Waals surface area contributed by atoms with E-state index in [-0.39, 0.29) is 0 Å². The highest BCUT2D eigenvalue weighted by Gasteiger charge is 2.39. The van der Waals surface area contributed by atoms with Crippen LogP contribution in [0, 0.1) is 5.92 Å². The predicted octanol–water partition coefficient (Wildman–Crippen LogP) is 2.33. The van der Waals surface area contributed by atoms with Crippen LogP contribution in [0.1, 0.15) is 30.4 Å². The lowest BCUT2D eigenvalue weighted by molar-refractivity contribution is -0.102. The average Bonchev–Trinajstić information content (AvgIpc) is 2.39. The van der Waals surface area contributed by atoms with Crippen LogP contribution in [0.15, 0.2) is 24.3 Å². The third-order valence-corrected chi connectivity index (χ3v) is 4.47. The molecule has 0 amide bonds. The summed E-state index contributed by atoms with van der Waals surface area (Å²) < 4.78 is 5.37. The molecule has 17 heavy (non-hydrogen) atoms. The van der Waals surface area contributed by atoms with Gasteiger partial charge in [0.1, 0.15) is 0 Å². The quantitative estimate of drug-likeness (QED) is 0.805. The summed E-state index contributed by atoms with van der Waals surface area (Å²) in [5, 5.41) is 10.7. The fourth-order valence-electron chi connectivity index (χ4n) is 3.29. The van der Waals surface area contributed by atoms with Crippen molar-refractivity contribution in [2.24, 2.45) is 5.92 Å². The summed E-state index contributed by atoms with van der Waals surface area (Å²) in [5.74, 6) is 0.418. The Labute approximate surface area is 103 Å². The molecule has 1 fully saturated rings.